The van der Waals surface area contributed by atoms with E-state index < -0.39 is 0 Å². The molecule has 0 bridgehead atoms. The molecule has 4 heteroatoms. The van der Waals surface area contributed by atoms with Crippen LogP contribution in [0.25, 0.3) is 32.7 Å². The highest BCUT2D eigenvalue weighted by atomic mass is 14.9. The van der Waals surface area contributed by atoms with Crippen molar-refractivity contribution in [3.8, 4) is 11.1 Å². The van der Waals surface area contributed by atoms with E-state index in [0.717, 1.165) is 22.5 Å². The Morgan fingerprint density at radius 1 is 0.472 bits per heavy atom. The maximum atomic E-state index is 4.28. The van der Waals surface area contributed by atoms with Crippen LogP contribution in [-0.2, 0) is 13.1 Å². The molecule has 174 valence electrons. The Morgan fingerprint density at radius 3 is 1.39 bits per heavy atom. The maximum Gasteiger partial charge on any atom is 0.0430 e. The van der Waals surface area contributed by atoms with Crippen LogP contribution in [0.15, 0.2) is 122 Å². The van der Waals surface area contributed by atoms with Crippen molar-refractivity contribution >= 4 is 32.9 Å². The van der Waals surface area contributed by atoms with Crippen LogP contribution < -0.4 is 10.6 Å². The molecule has 36 heavy (non-hydrogen) atoms. The lowest BCUT2D eigenvalue weighted by atomic mass is 9.91. The van der Waals surface area contributed by atoms with Gasteiger partial charge in [0.1, 0.15) is 0 Å². The number of anilines is 2. The molecule has 0 unspecified atom stereocenters. The fraction of sp³-hybridized carbons (Fsp3) is 0.0625. The Hall–Kier alpha value is -4.70. The Bertz CT molecular complexity index is 1500. The average molecular weight is 467 g/mol. The van der Waals surface area contributed by atoms with E-state index in [1.54, 1.807) is 12.4 Å². The molecule has 0 saturated heterocycles. The number of benzene rings is 4. The smallest absolute Gasteiger partial charge is 0.0430 e. The van der Waals surface area contributed by atoms with Crippen molar-refractivity contribution < 1.29 is 0 Å². The van der Waals surface area contributed by atoms with Gasteiger partial charge in [-0.05, 0) is 56.9 Å². The van der Waals surface area contributed by atoms with Gasteiger partial charge in [-0.1, -0.05) is 72.8 Å². The largest absolute Gasteiger partial charge is 0.380 e. The van der Waals surface area contributed by atoms with Crippen LogP contribution in [0.5, 0.6) is 0 Å². The Balaban J connectivity index is 1.53. The van der Waals surface area contributed by atoms with Gasteiger partial charge in [-0.3, -0.25) is 9.97 Å². The zero-order chi connectivity index (χ0) is 24.2. The van der Waals surface area contributed by atoms with Crippen LogP contribution in [-0.4, -0.2) is 9.97 Å². The molecule has 0 spiro atoms. The van der Waals surface area contributed by atoms with E-state index in [-0.39, 0.29) is 0 Å². The molecule has 4 nitrogen and oxygen atoms in total. The minimum absolute atomic E-state index is 0.697. The van der Waals surface area contributed by atoms with Crippen molar-refractivity contribution in [2.75, 3.05) is 10.6 Å². The number of nitrogens with zero attached hydrogens (tertiary/aromatic N) is 2. The van der Waals surface area contributed by atoms with Gasteiger partial charge in [0, 0.05) is 60.4 Å². The molecule has 2 heterocycles. The molecule has 0 fully saturated rings. The molecule has 0 atom stereocenters. The SMILES string of the molecule is c1cncc(CNc2ccc3ccccc3c2-c2c(NCc3cccnc3)ccc3ccccc23)c1. The number of hydrogen-bond acceptors (Lipinski definition) is 4. The van der Waals surface area contributed by atoms with Gasteiger partial charge in [0.2, 0.25) is 0 Å². The van der Waals surface area contributed by atoms with Crippen molar-refractivity contribution in [1.29, 1.82) is 0 Å². The first-order valence-corrected chi connectivity index (χ1v) is 12.2. The second-order valence-corrected chi connectivity index (χ2v) is 8.85. The van der Waals surface area contributed by atoms with E-state index >= 15 is 0 Å². The summed E-state index contributed by atoms with van der Waals surface area (Å²) in [6.07, 6.45) is 7.43. The highest BCUT2D eigenvalue weighted by Crippen LogP contribution is 2.43. The number of pyridine rings is 2. The highest BCUT2D eigenvalue weighted by Gasteiger charge is 2.17. The number of hydrogen-bond donors (Lipinski definition) is 2. The van der Waals surface area contributed by atoms with Crippen LogP contribution in [0, 0.1) is 0 Å². The van der Waals surface area contributed by atoms with E-state index in [2.05, 4.69) is 106 Å². The molecule has 4 aromatic carbocycles. The summed E-state index contributed by atoms with van der Waals surface area (Å²) in [5, 5.41) is 12.3. The summed E-state index contributed by atoms with van der Waals surface area (Å²) in [6.45, 7) is 1.39. The lowest BCUT2D eigenvalue weighted by Crippen LogP contribution is -2.05. The van der Waals surface area contributed by atoms with Crippen molar-refractivity contribution in [2.24, 2.45) is 0 Å². The van der Waals surface area contributed by atoms with Gasteiger partial charge >= 0.3 is 0 Å². The molecular weight excluding hydrogens is 440 g/mol. The number of aromatic nitrogens is 2. The quantitative estimate of drug-likeness (QED) is 0.253. The molecule has 0 aliphatic rings. The van der Waals surface area contributed by atoms with Crippen LogP contribution in [0.2, 0.25) is 0 Å². The van der Waals surface area contributed by atoms with E-state index in [0.29, 0.717) is 13.1 Å². The van der Waals surface area contributed by atoms with Gasteiger partial charge in [0.15, 0.2) is 0 Å². The topological polar surface area (TPSA) is 49.8 Å². The molecule has 0 radical (unpaired) electrons. The Kier molecular flexibility index (Phi) is 5.99. The summed E-state index contributed by atoms with van der Waals surface area (Å²) in [7, 11) is 0. The molecule has 2 aromatic heterocycles. The summed E-state index contributed by atoms with van der Waals surface area (Å²) in [4.78, 5) is 8.56. The second-order valence-electron chi connectivity index (χ2n) is 8.85. The van der Waals surface area contributed by atoms with Crippen molar-refractivity contribution in [3.05, 3.63) is 133 Å². The molecule has 0 aliphatic carbocycles. The first-order chi connectivity index (χ1) is 17.9. The van der Waals surface area contributed by atoms with Gasteiger partial charge in [-0.15, -0.1) is 0 Å². The highest BCUT2D eigenvalue weighted by molar-refractivity contribution is 6.13. The zero-order valence-corrected chi connectivity index (χ0v) is 19.9. The minimum atomic E-state index is 0.697. The van der Waals surface area contributed by atoms with Crippen molar-refractivity contribution in [1.82, 2.24) is 9.97 Å². The van der Waals surface area contributed by atoms with Gasteiger partial charge in [-0.2, -0.15) is 0 Å². The van der Waals surface area contributed by atoms with Gasteiger partial charge in [-0.25, -0.2) is 0 Å². The molecule has 6 aromatic rings. The standard InChI is InChI=1S/C32H26N4/c1-3-11-27-25(9-1)13-15-29(35-21-23-7-5-17-33-19-23)31(27)32-28-12-4-2-10-26(28)14-16-30(32)36-22-24-8-6-18-34-20-24/h1-20,35-36H,21-22H2. The third-order valence-corrected chi connectivity index (χ3v) is 6.52. The average Bonchev–Trinajstić information content (AvgIpc) is 2.95. The number of nitrogens with one attached hydrogen (secondary N) is 2. The Labute approximate surface area is 210 Å². The summed E-state index contributed by atoms with van der Waals surface area (Å²) in [5.74, 6) is 0. The zero-order valence-electron chi connectivity index (χ0n) is 19.9. The second kappa shape index (κ2) is 9.88. The fourth-order valence-electron chi connectivity index (χ4n) is 4.78. The van der Waals surface area contributed by atoms with Gasteiger partial charge < -0.3 is 10.6 Å². The van der Waals surface area contributed by atoms with Crippen LogP contribution in [0.1, 0.15) is 11.1 Å². The molecule has 0 aliphatic heterocycles. The predicted octanol–water partition coefficient (Wildman–Crippen LogP) is 7.67. The van der Waals surface area contributed by atoms with E-state index in [1.165, 1.54) is 32.7 Å². The lowest BCUT2D eigenvalue weighted by Gasteiger charge is -2.21. The summed E-state index contributed by atoms with van der Waals surface area (Å²) in [6, 6.07) is 34.1. The molecular formula is C32H26N4. The molecule has 6 rings (SSSR count). The number of fused-ring (bicyclic) bond motifs is 2. The van der Waals surface area contributed by atoms with E-state index in [9.17, 15) is 0 Å². The first-order valence-electron chi connectivity index (χ1n) is 12.2. The molecule has 0 saturated carbocycles. The molecule has 2 N–H and O–H groups in total. The lowest BCUT2D eigenvalue weighted by molar-refractivity contribution is 1.11. The number of rotatable bonds is 7. The van der Waals surface area contributed by atoms with Crippen molar-refractivity contribution in [2.45, 2.75) is 13.1 Å². The van der Waals surface area contributed by atoms with Crippen LogP contribution in [0.4, 0.5) is 11.4 Å². The third-order valence-electron chi connectivity index (χ3n) is 6.52. The van der Waals surface area contributed by atoms with E-state index in [4.69, 9.17) is 0 Å². The Morgan fingerprint density at radius 2 is 0.944 bits per heavy atom. The normalized spacial score (nSPS) is 11.0. The summed E-state index contributed by atoms with van der Waals surface area (Å²) in [5.41, 5.74) is 6.87. The fourth-order valence-corrected chi connectivity index (χ4v) is 4.78. The predicted molar refractivity (Wildman–Crippen MR) is 150 cm³/mol. The minimum Gasteiger partial charge on any atom is -0.380 e. The van der Waals surface area contributed by atoms with Gasteiger partial charge in [0.05, 0.1) is 0 Å². The van der Waals surface area contributed by atoms with Gasteiger partial charge in [0.25, 0.3) is 0 Å². The third kappa shape index (κ3) is 4.37. The van der Waals surface area contributed by atoms with Crippen LogP contribution in [0.3, 0.4) is 0 Å². The maximum absolute atomic E-state index is 4.28. The first kappa shape index (κ1) is 21.8. The van der Waals surface area contributed by atoms with E-state index in [1.807, 2.05) is 24.5 Å². The summed E-state index contributed by atoms with van der Waals surface area (Å²) < 4.78 is 0. The monoisotopic (exact) mass is 466 g/mol. The molecule has 0 amide bonds. The van der Waals surface area contributed by atoms with Crippen molar-refractivity contribution in [3.63, 3.8) is 0 Å². The summed E-state index contributed by atoms with van der Waals surface area (Å²) >= 11 is 0. The van der Waals surface area contributed by atoms with Crippen LogP contribution >= 0.6 is 0 Å².